The molecule has 2 nitrogen and oxygen atoms in total. The molecular weight excluding hydrogens is 211 g/mol. The Kier molecular flexibility index (Phi) is 7.23. The van der Waals surface area contributed by atoms with Gasteiger partial charge >= 0.3 is 0 Å². The first-order valence-electron chi connectivity index (χ1n) is 5.70. The summed E-state index contributed by atoms with van der Waals surface area (Å²) in [7, 11) is 0. The van der Waals surface area contributed by atoms with Gasteiger partial charge in [0.2, 0.25) is 0 Å². The Bertz CT molecular complexity index is 173. The second-order valence-corrected chi connectivity index (χ2v) is 8.11. The van der Waals surface area contributed by atoms with Gasteiger partial charge in [-0.05, 0) is 6.16 Å². The van der Waals surface area contributed by atoms with Gasteiger partial charge in [0.05, 0.1) is 6.34 Å². The fourth-order valence-electron chi connectivity index (χ4n) is 1.91. The van der Waals surface area contributed by atoms with Crippen LogP contribution in [0.25, 0.3) is 0 Å². The Morgan fingerprint density at radius 1 is 0.786 bits per heavy atom. The van der Waals surface area contributed by atoms with Gasteiger partial charge in [0, 0.05) is 26.2 Å². The summed E-state index contributed by atoms with van der Waals surface area (Å²) in [6, 6.07) is 0. The fourth-order valence-corrected chi connectivity index (χ4v) is 6.22. The molecule has 0 aromatic heterocycles. The molecule has 0 unspecified atom stereocenters. The van der Waals surface area contributed by atoms with Crippen molar-refractivity contribution in [3.05, 3.63) is 0 Å². The molecule has 0 aliphatic carbocycles. The normalized spacial score (nSPS) is 12.8. The zero-order valence-electron chi connectivity index (χ0n) is 10.3. The van der Waals surface area contributed by atoms with Crippen molar-refractivity contribution in [2.24, 2.45) is 0 Å². The lowest BCUT2D eigenvalue weighted by Crippen LogP contribution is -2.32. The van der Waals surface area contributed by atoms with Crippen molar-refractivity contribution in [2.45, 2.75) is 34.6 Å². The number of nitrogens with zero attached hydrogens (tertiary/aromatic N) is 2. The molecule has 0 spiro atoms. The predicted octanol–water partition coefficient (Wildman–Crippen LogP) is 3.00. The van der Waals surface area contributed by atoms with E-state index < -0.39 is 6.34 Å². The van der Waals surface area contributed by atoms with E-state index in [2.05, 4.69) is 44.0 Å². The van der Waals surface area contributed by atoms with Gasteiger partial charge in [-0.15, -0.1) is 0 Å². The van der Waals surface area contributed by atoms with Gasteiger partial charge in [0.1, 0.15) is 0 Å². The van der Waals surface area contributed by atoms with E-state index in [-0.39, 0.29) is 0 Å². The molecule has 4 heteroatoms. The van der Waals surface area contributed by atoms with Gasteiger partial charge in [-0.1, -0.05) is 46.4 Å². The molecule has 0 rings (SSSR count). The summed E-state index contributed by atoms with van der Waals surface area (Å²) in [6.45, 7) is 15.4. The molecule has 0 saturated heterocycles. The van der Waals surface area contributed by atoms with E-state index in [9.17, 15) is 0 Å². The maximum atomic E-state index is 5.91. The lowest BCUT2D eigenvalue weighted by molar-refractivity contribution is 0.421. The van der Waals surface area contributed by atoms with Crippen LogP contribution in [0, 0.1) is 0 Å². The molecule has 0 aliphatic heterocycles. The van der Waals surface area contributed by atoms with Crippen LogP contribution in [0.2, 0.25) is 0 Å². The smallest absolute Gasteiger partial charge is 0.0772 e. The maximum absolute atomic E-state index is 5.91. The molecule has 0 aliphatic rings. The minimum absolute atomic E-state index is 1.08. The fraction of sp³-hybridized carbons (Fsp3) is 1.00. The van der Waals surface area contributed by atoms with Crippen LogP contribution in [0.1, 0.15) is 34.6 Å². The molecule has 0 saturated carbocycles. The van der Waals surface area contributed by atoms with E-state index in [1.54, 1.807) is 0 Å². The maximum Gasteiger partial charge on any atom is 0.0772 e. The van der Waals surface area contributed by atoms with Crippen molar-refractivity contribution in [1.82, 2.24) is 9.34 Å². The highest BCUT2D eigenvalue weighted by atomic mass is 32.4. The molecular formula is C10H25N2PS. The molecule has 86 valence electrons. The Morgan fingerprint density at radius 2 is 1.07 bits per heavy atom. The van der Waals surface area contributed by atoms with Crippen LogP contribution in [0.15, 0.2) is 0 Å². The molecule has 0 atom stereocenters. The van der Waals surface area contributed by atoms with Crippen LogP contribution in [-0.4, -0.2) is 41.7 Å². The second kappa shape index (κ2) is 6.95. The Balaban J connectivity index is 4.83. The van der Waals surface area contributed by atoms with Crippen molar-refractivity contribution in [3.8, 4) is 0 Å². The Labute approximate surface area is 94.8 Å². The van der Waals surface area contributed by atoms with Crippen molar-refractivity contribution < 1.29 is 0 Å². The first-order valence-corrected chi connectivity index (χ1v) is 8.59. The third kappa shape index (κ3) is 3.03. The number of hydrogen-bond acceptors (Lipinski definition) is 1. The van der Waals surface area contributed by atoms with Gasteiger partial charge < -0.3 is 0 Å². The van der Waals surface area contributed by atoms with Crippen molar-refractivity contribution in [1.29, 1.82) is 0 Å². The molecule has 0 amide bonds. The van der Waals surface area contributed by atoms with Gasteiger partial charge in [0.15, 0.2) is 0 Å². The Morgan fingerprint density at radius 3 is 1.21 bits per heavy atom. The standard InChI is InChI=1S/C10H25N2PS/c1-6-11(7-2)13(14,10-5)12(8-3)9-4/h6-10H2,1-5H3. The van der Waals surface area contributed by atoms with Crippen molar-refractivity contribution in [3.63, 3.8) is 0 Å². The molecule has 0 heterocycles. The largest absolute Gasteiger partial charge is 0.264 e. The lowest BCUT2D eigenvalue weighted by atomic mass is 10.7. The summed E-state index contributed by atoms with van der Waals surface area (Å²) in [5, 5.41) is 0. The summed E-state index contributed by atoms with van der Waals surface area (Å²) >= 11 is 5.91. The molecule has 0 radical (unpaired) electrons. The summed E-state index contributed by atoms with van der Waals surface area (Å²) < 4.78 is 4.96. The van der Waals surface area contributed by atoms with Gasteiger partial charge in [0.25, 0.3) is 0 Å². The molecule has 14 heavy (non-hydrogen) atoms. The lowest BCUT2D eigenvalue weighted by Gasteiger charge is -2.40. The monoisotopic (exact) mass is 236 g/mol. The van der Waals surface area contributed by atoms with E-state index in [1.165, 1.54) is 0 Å². The summed E-state index contributed by atoms with van der Waals surface area (Å²) in [5.74, 6) is 0. The molecule has 0 fully saturated rings. The van der Waals surface area contributed by atoms with Crippen LogP contribution >= 0.6 is 6.34 Å². The minimum atomic E-state index is -1.42. The highest BCUT2D eigenvalue weighted by Gasteiger charge is 2.26. The topological polar surface area (TPSA) is 6.48 Å². The summed E-state index contributed by atoms with van der Waals surface area (Å²) in [5.41, 5.74) is 0. The van der Waals surface area contributed by atoms with Gasteiger partial charge in [-0.2, -0.15) is 0 Å². The van der Waals surface area contributed by atoms with Crippen LogP contribution in [0.4, 0.5) is 0 Å². The first-order chi connectivity index (χ1) is 6.60. The SMILES string of the molecule is CCN(CC)P(=S)(CC)N(CC)CC. The van der Waals surface area contributed by atoms with Crippen molar-refractivity contribution >= 4 is 18.1 Å². The average molecular weight is 236 g/mol. The van der Waals surface area contributed by atoms with E-state index in [0.29, 0.717) is 0 Å². The molecule has 0 aromatic carbocycles. The summed E-state index contributed by atoms with van der Waals surface area (Å²) in [6.07, 6.45) is -0.304. The molecule has 0 aromatic rings. The van der Waals surface area contributed by atoms with E-state index in [1.807, 2.05) is 0 Å². The van der Waals surface area contributed by atoms with Crippen LogP contribution in [-0.2, 0) is 11.8 Å². The van der Waals surface area contributed by atoms with Crippen molar-refractivity contribution in [2.75, 3.05) is 32.3 Å². The van der Waals surface area contributed by atoms with Gasteiger partial charge in [-0.3, -0.25) is 9.34 Å². The molecule has 0 N–H and O–H groups in total. The van der Waals surface area contributed by atoms with Gasteiger partial charge in [-0.25, -0.2) is 0 Å². The minimum Gasteiger partial charge on any atom is -0.264 e. The number of hydrogen-bond donors (Lipinski definition) is 0. The quantitative estimate of drug-likeness (QED) is 0.627. The predicted molar refractivity (Wildman–Crippen MR) is 70.7 cm³/mol. The first kappa shape index (κ1) is 14.6. The average Bonchev–Trinajstić information content (AvgIpc) is 2.21. The van der Waals surface area contributed by atoms with Crippen LogP contribution in [0.3, 0.4) is 0 Å². The highest BCUT2D eigenvalue weighted by molar-refractivity contribution is 8.12. The van der Waals surface area contributed by atoms with Crippen LogP contribution in [0.5, 0.6) is 0 Å². The zero-order valence-corrected chi connectivity index (χ0v) is 12.0. The second-order valence-electron chi connectivity index (χ2n) is 3.26. The van der Waals surface area contributed by atoms with E-state index >= 15 is 0 Å². The molecule has 0 bridgehead atoms. The zero-order chi connectivity index (χ0) is 11.2. The highest BCUT2D eigenvalue weighted by Crippen LogP contribution is 2.52. The summed E-state index contributed by atoms with van der Waals surface area (Å²) in [4.78, 5) is 0. The third-order valence-corrected chi connectivity index (χ3v) is 8.64. The Hall–Kier alpha value is 0.570. The number of rotatable bonds is 7. The van der Waals surface area contributed by atoms with E-state index in [0.717, 1.165) is 32.3 Å². The van der Waals surface area contributed by atoms with E-state index in [4.69, 9.17) is 11.8 Å². The van der Waals surface area contributed by atoms with Crippen LogP contribution < -0.4 is 0 Å². The third-order valence-electron chi connectivity index (χ3n) is 2.76.